The van der Waals surface area contributed by atoms with Crippen LogP contribution >= 0.6 is 15.9 Å². The lowest BCUT2D eigenvalue weighted by molar-refractivity contribution is 0.415. The van der Waals surface area contributed by atoms with E-state index in [0.29, 0.717) is 5.95 Å². The normalized spacial score (nSPS) is 10.9. The lowest BCUT2D eigenvalue weighted by atomic mass is 10.1. The van der Waals surface area contributed by atoms with E-state index in [9.17, 15) is 0 Å². The van der Waals surface area contributed by atoms with Gasteiger partial charge in [0.1, 0.15) is 5.75 Å². The number of rotatable bonds is 6. The van der Waals surface area contributed by atoms with Crippen molar-refractivity contribution in [3.63, 3.8) is 0 Å². The molecule has 0 spiro atoms. The molecule has 0 saturated carbocycles. The van der Waals surface area contributed by atoms with Crippen LogP contribution in [0.15, 0.2) is 94.5 Å². The van der Waals surface area contributed by atoms with Crippen molar-refractivity contribution in [1.29, 1.82) is 0 Å². The highest BCUT2D eigenvalue weighted by atomic mass is 79.9. The number of benzene rings is 3. The lowest BCUT2D eigenvalue weighted by Crippen LogP contribution is -2.00. The van der Waals surface area contributed by atoms with Crippen molar-refractivity contribution in [3.8, 4) is 28.3 Å². The number of hydrazone groups is 1. The summed E-state index contributed by atoms with van der Waals surface area (Å²) >= 11 is 3.43. The predicted molar refractivity (Wildman–Crippen MR) is 125 cm³/mol. The van der Waals surface area contributed by atoms with Gasteiger partial charge < -0.3 is 4.74 Å². The second kappa shape index (κ2) is 9.33. The summed E-state index contributed by atoms with van der Waals surface area (Å²) in [6.45, 7) is 0. The smallest absolute Gasteiger partial charge is 0.244 e. The molecule has 0 fully saturated rings. The highest BCUT2D eigenvalue weighted by Gasteiger charge is 2.08. The number of nitrogens with one attached hydrogen (secondary N) is 1. The molecule has 1 heterocycles. The van der Waals surface area contributed by atoms with Crippen molar-refractivity contribution >= 4 is 28.1 Å². The van der Waals surface area contributed by atoms with Crippen LogP contribution < -0.4 is 10.2 Å². The zero-order valence-electron chi connectivity index (χ0n) is 16.3. The Labute approximate surface area is 183 Å². The van der Waals surface area contributed by atoms with Gasteiger partial charge in [0.15, 0.2) is 0 Å². The SMILES string of the molecule is COc1ccc(-c2cc(-c3ccccc3)nc(N/N=C\c3ccc(Br)cc3)n2)cc1. The van der Waals surface area contributed by atoms with Crippen LogP contribution in [0.5, 0.6) is 5.75 Å². The molecule has 0 amide bonds. The van der Waals surface area contributed by atoms with Crippen molar-refractivity contribution in [2.24, 2.45) is 5.10 Å². The Hall–Kier alpha value is -3.51. The fourth-order valence-electron chi connectivity index (χ4n) is 2.88. The van der Waals surface area contributed by atoms with Gasteiger partial charge >= 0.3 is 0 Å². The molecule has 0 unspecified atom stereocenters. The summed E-state index contributed by atoms with van der Waals surface area (Å²) < 4.78 is 6.28. The van der Waals surface area contributed by atoms with Gasteiger partial charge in [-0.05, 0) is 48.0 Å². The molecule has 0 saturated heterocycles. The first-order chi connectivity index (χ1) is 14.7. The molecule has 0 radical (unpaired) electrons. The predicted octanol–water partition coefficient (Wildman–Crippen LogP) is 6.03. The van der Waals surface area contributed by atoms with Gasteiger partial charge in [0.25, 0.3) is 0 Å². The van der Waals surface area contributed by atoms with Crippen molar-refractivity contribution in [3.05, 3.63) is 95.0 Å². The highest BCUT2D eigenvalue weighted by Crippen LogP contribution is 2.26. The van der Waals surface area contributed by atoms with E-state index in [2.05, 4.69) is 36.4 Å². The average Bonchev–Trinajstić information content (AvgIpc) is 2.81. The Morgan fingerprint density at radius 3 is 2.10 bits per heavy atom. The molecule has 0 aliphatic rings. The van der Waals surface area contributed by atoms with Crippen LogP contribution in [0, 0.1) is 0 Å². The molecule has 1 aromatic heterocycles. The number of hydrogen-bond donors (Lipinski definition) is 1. The molecule has 30 heavy (non-hydrogen) atoms. The van der Waals surface area contributed by atoms with Gasteiger partial charge in [0.05, 0.1) is 24.7 Å². The summed E-state index contributed by atoms with van der Waals surface area (Å²) in [6.07, 6.45) is 1.73. The van der Waals surface area contributed by atoms with Crippen LogP contribution in [-0.2, 0) is 0 Å². The van der Waals surface area contributed by atoms with E-state index in [1.54, 1.807) is 13.3 Å². The van der Waals surface area contributed by atoms with Gasteiger partial charge in [-0.15, -0.1) is 0 Å². The van der Waals surface area contributed by atoms with Gasteiger partial charge in [-0.2, -0.15) is 5.10 Å². The van der Waals surface area contributed by atoms with Crippen LogP contribution in [0.2, 0.25) is 0 Å². The number of hydrogen-bond acceptors (Lipinski definition) is 5. The Morgan fingerprint density at radius 2 is 1.47 bits per heavy atom. The van der Waals surface area contributed by atoms with E-state index in [0.717, 1.165) is 38.3 Å². The first-order valence-electron chi connectivity index (χ1n) is 9.35. The molecular formula is C24H19BrN4O. The van der Waals surface area contributed by atoms with E-state index in [1.165, 1.54) is 0 Å². The zero-order valence-corrected chi connectivity index (χ0v) is 17.9. The van der Waals surface area contributed by atoms with E-state index >= 15 is 0 Å². The molecule has 5 nitrogen and oxygen atoms in total. The highest BCUT2D eigenvalue weighted by molar-refractivity contribution is 9.10. The van der Waals surface area contributed by atoms with Crippen LogP contribution in [0.1, 0.15) is 5.56 Å². The van der Waals surface area contributed by atoms with Crippen LogP contribution in [0.4, 0.5) is 5.95 Å². The van der Waals surface area contributed by atoms with Gasteiger partial charge in [-0.1, -0.05) is 58.4 Å². The molecule has 3 aromatic carbocycles. The van der Waals surface area contributed by atoms with Gasteiger partial charge in [0.2, 0.25) is 5.95 Å². The summed E-state index contributed by atoms with van der Waals surface area (Å²) in [5.41, 5.74) is 7.53. The standard InChI is InChI=1S/C24H19BrN4O/c1-30-21-13-9-19(10-14-21)23-15-22(18-5-3-2-4-6-18)27-24(28-23)29-26-16-17-7-11-20(25)12-8-17/h2-16H,1H3,(H,27,28,29)/b26-16-. The minimum Gasteiger partial charge on any atom is -0.497 e. The summed E-state index contributed by atoms with van der Waals surface area (Å²) in [5.74, 6) is 1.23. The Morgan fingerprint density at radius 1 is 0.833 bits per heavy atom. The minimum atomic E-state index is 0.426. The molecular weight excluding hydrogens is 440 g/mol. The fraction of sp³-hybridized carbons (Fsp3) is 0.0417. The Balaban J connectivity index is 1.67. The third-order valence-electron chi connectivity index (χ3n) is 4.43. The van der Waals surface area contributed by atoms with E-state index < -0.39 is 0 Å². The lowest BCUT2D eigenvalue weighted by Gasteiger charge is -2.09. The second-order valence-electron chi connectivity index (χ2n) is 6.48. The van der Waals surface area contributed by atoms with Crippen molar-refractivity contribution < 1.29 is 4.74 Å². The molecule has 0 aliphatic carbocycles. The maximum absolute atomic E-state index is 5.26. The number of nitrogens with zero attached hydrogens (tertiary/aromatic N) is 3. The van der Waals surface area contributed by atoms with Gasteiger partial charge in [0, 0.05) is 15.6 Å². The zero-order chi connectivity index (χ0) is 20.8. The van der Waals surface area contributed by atoms with Crippen LogP contribution in [-0.4, -0.2) is 23.3 Å². The minimum absolute atomic E-state index is 0.426. The summed E-state index contributed by atoms with van der Waals surface area (Å²) in [6, 6.07) is 27.6. The molecule has 1 N–H and O–H groups in total. The molecule has 0 atom stereocenters. The van der Waals surface area contributed by atoms with Crippen molar-refractivity contribution in [1.82, 2.24) is 9.97 Å². The maximum atomic E-state index is 5.26. The molecule has 0 aliphatic heterocycles. The van der Waals surface area contributed by atoms with Gasteiger partial charge in [-0.3, -0.25) is 0 Å². The molecule has 6 heteroatoms. The third-order valence-corrected chi connectivity index (χ3v) is 4.96. The number of halogens is 1. The summed E-state index contributed by atoms with van der Waals surface area (Å²) in [5, 5.41) is 4.30. The quantitative estimate of drug-likeness (QED) is 0.283. The monoisotopic (exact) mass is 458 g/mol. The van der Waals surface area contributed by atoms with Crippen molar-refractivity contribution in [2.75, 3.05) is 12.5 Å². The average molecular weight is 459 g/mol. The Bertz CT molecular complexity index is 1140. The third kappa shape index (κ3) is 4.90. The van der Waals surface area contributed by atoms with Crippen molar-refractivity contribution in [2.45, 2.75) is 0 Å². The first-order valence-corrected chi connectivity index (χ1v) is 10.1. The topological polar surface area (TPSA) is 59.4 Å². The second-order valence-corrected chi connectivity index (χ2v) is 7.39. The number of methoxy groups -OCH3 is 1. The first kappa shape index (κ1) is 19.8. The number of anilines is 1. The van der Waals surface area contributed by atoms with Crippen LogP contribution in [0.25, 0.3) is 22.5 Å². The maximum Gasteiger partial charge on any atom is 0.244 e. The van der Waals surface area contributed by atoms with Crippen LogP contribution in [0.3, 0.4) is 0 Å². The molecule has 4 aromatic rings. The number of aromatic nitrogens is 2. The molecule has 148 valence electrons. The van der Waals surface area contributed by atoms with E-state index in [-0.39, 0.29) is 0 Å². The molecule has 4 rings (SSSR count). The largest absolute Gasteiger partial charge is 0.497 e. The van der Waals surface area contributed by atoms with E-state index in [1.807, 2.05) is 84.9 Å². The number of ether oxygens (including phenoxy) is 1. The summed E-state index contributed by atoms with van der Waals surface area (Å²) in [7, 11) is 1.65. The fourth-order valence-corrected chi connectivity index (χ4v) is 3.14. The summed E-state index contributed by atoms with van der Waals surface area (Å²) in [4.78, 5) is 9.29. The van der Waals surface area contributed by atoms with Gasteiger partial charge in [-0.25, -0.2) is 15.4 Å². The Kier molecular flexibility index (Phi) is 6.15. The molecule has 0 bridgehead atoms. The van der Waals surface area contributed by atoms with E-state index in [4.69, 9.17) is 4.74 Å².